The molecule has 0 saturated carbocycles. The maximum Gasteiger partial charge on any atom is 0.123 e. The zero-order valence-corrected chi connectivity index (χ0v) is 11.4. The van der Waals surface area contributed by atoms with Gasteiger partial charge in [-0.3, -0.25) is 0 Å². The average Bonchev–Trinajstić information content (AvgIpc) is 2.93. The van der Waals surface area contributed by atoms with Gasteiger partial charge in [0.25, 0.3) is 0 Å². The predicted molar refractivity (Wildman–Crippen MR) is 69.5 cm³/mol. The lowest BCUT2D eigenvalue weighted by Gasteiger charge is -2.08. The van der Waals surface area contributed by atoms with Crippen LogP contribution in [0.4, 0.5) is 0 Å². The Kier molecular flexibility index (Phi) is 4.88. The van der Waals surface area contributed by atoms with Crippen molar-refractivity contribution in [2.45, 2.75) is 45.1 Å². The molecule has 2 atom stereocenters. The second-order valence-corrected chi connectivity index (χ2v) is 5.60. The molecule has 5 heteroatoms. The molecule has 1 saturated heterocycles. The third kappa shape index (κ3) is 3.47. The van der Waals surface area contributed by atoms with Crippen LogP contribution >= 0.6 is 11.3 Å². The minimum absolute atomic E-state index is 0.300. The van der Waals surface area contributed by atoms with Gasteiger partial charge in [-0.05, 0) is 26.3 Å². The zero-order chi connectivity index (χ0) is 12.1. The molecule has 0 aliphatic carbocycles. The van der Waals surface area contributed by atoms with E-state index in [9.17, 15) is 0 Å². The number of nitrogens with one attached hydrogen (secondary N) is 1. The molecule has 1 aliphatic heterocycles. The number of nitrogens with zero attached hydrogens (tertiary/aromatic N) is 2. The van der Waals surface area contributed by atoms with Crippen LogP contribution in [0.2, 0.25) is 0 Å². The molecule has 2 heterocycles. The molecule has 0 amide bonds. The summed E-state index contributed by atoms with van der Waals surface area (Å²) in [7, 11) is 0. The van der Waals surface area contributed by atoms with E-state index in [1.807, 2.05) is 0 Å². The first-order valence-corrected chi connectivity index (χ1v) is 7.27. The Balaban J connectivity index is 1.83. The number of ether oxygens (including phenoxy) is 1. The summed E-state index contributed by atoms with van der Waals surface area (Å²) in [4.78, 5) is 0. The Hall–Kier alpha value is -0.520. The van der Waals surface area contributed by atoms with Crippen molar-refractivity contribution in [3.8, 4) is 0 Å². The molecule has 4 nitrogen and oxygen atoms in total. The first-order chi connectivity index (χ1) is 8.31. The minimum atomic E-state index is 0.300. The molecular formula is C12H21N3OS. The molecule has 0 aromatic carbocycles. The lowest BCUT2D eigenvalue weighted by atomic mass is 10.0. The third-order valence-corrected chi connectivity index (χ3v) is 4.23. The lowest BCUT2D eigenvalue weighted by molar-refractivity contribution is 0.118. The van der Waals surface area contributed by atoms with Crippen LogP contribution in [0.25, 0.3) is 0 Å². The highest BCUT2D eigenvalue weighted by Crippen LogP contribution is 2.32. The van der Waals surface area contributed by atoms with Crippen LogP contribution in [0, 0.1) is 0 Å². The topological polar surface area (TPSA) is 47.0 Å². The van der Waals surface area contributed by atoms with E-state index in [1.165, 1.54) is 6.42 Å². The summed E-state index contributed by atoms with van der Waals surface area (Å²) in [5, 5.41) is 14.3. The molecule has 17 heavy (non-hydrogen) atoms. The number of hydrogen-bond donors (Lipinski definition) is 1. The predicted octanol–water partition coefficient (Wildman–Crippen LogP) is 1.97. The fourth-order valence-corrected chi connectivity index (χ4v) is 3.14. The van der Waals surface area contributed by atoms with Crippen molar-refractivity contribution >= 4 is 11.3 Å². The Morgan fingerprint density at radius 2 is 2.29 bits per heavy atom. The van der Waals surface area contributed by atoms with Gasteiger partial charge in [0, 0.05) is 25.5 Å². The number of rotatable bonds is 6. The molecule has 1 aromatic rings. The van der Waals surface area contributed by atoms with E-state index in [0.717, 1.165) is 42.6 Å². The quantitative estimate of drug-likeness (QED) is 0.790. The van der Waals surface area contributed by atoms with Crippen LogP contribution < -0.4 is 5.32 Å². The van der Waals surface area contributed by atoms with Crippen LogP contribution in [-0.4, -0.2) is 36.0 Å². The second-order valence-electron chi connectivity index (χ2n) is 4.51. The molecule has 2 rings (SSSR count). The SMILES string of the molecule is CCCNCCc1nnc(C2CCOC2C)s1. The monoisotopic (exact) mass is 255 g/mol. The van der Waals surface area contributed by atoms with E-state index in [2.05, 4.69) is 29.4 Å². The van der Waals surface area contributed by atoms with E-state index in [1.54, 1.807) is 11.3 Å². The van der Waals surface area contributed by atoms with Gasteiger partial charge in [-0.1, -0.05) is 6.92 Å². The summed E-state index contributed by atoms with van der Waals surface area (Å²) in [6.07, 6.45) is 3.55. The summed E-state index contributed by atoms with van der Waals surface area (Å²) in [5.74, 6) is 0.463. The summed E-state index contributed by atoms with van der Waals surface area (Å²) in [6.45, 7) is 7.25. The zero-order valence-electron chi connectivity index (χ0n) is 10.6. The summed E-state index contributed by atoms with van der Waals surface area (Å²) in [5.41, 5.74) is 0. The van der Waals surface area contributed by atoms with Gasteiger partial charge in [0.05, 0.1) is 6.10 Å². The number of hydrogen-bond acceptors (Lipinski definition) is 5. The van der Waals surface area contributed by atoms with Crippen molar-refractivity contribution in [3.05, 3.63) is 10.0 Å². The van der Waals surface area contributed by atoms with E-state index < -0.39 is 0 Å². The summed E-state index contributed by atoms with van der Waals surface area (Å²) >= 11 is 1.75. The summed E-state index contributed by atoms with van der Waals surface area (Å²) < 4.78 is 5.57. The molecule has 96 valence electrons. The minimum Gasteiger partial charge on any atom is -0.378 e. The second kappa shape index (κ2) is 6.42. The maximum absolute atomic E-state index is 5.57. The first-order valence-electron chi connectivity index (χ1n) is 6.46. The van der Waals surface area contributed by atoms with Crippen LogP contribution in [0.3, 0.4) is 0 Å². The highest BCUT2D eigenvalue weighted by atomic mass is 32.1. The third-order valence-electron chi connectivity index (χ3n) is 3.12. The molecule has 1 aliphatic rings. The van der Waals surface area contributed by atoms with Crippen LogP contribution in [0.1, 0.15) is 42.6 Å². The first kappa shape index (κ1) is 12.9. The Morgan fingerprint density at radius 1 is 1.41 bits per heavy atom. The fraction of sp³-hybridized carbons (Fsp3) is 0.833. The molecular weight excluding hydrogens is 234 g/mol. The van der Waals surface area contributed by atoms with Crippen molar-refractivity contribution < 1.29 is 4.74 Å². The largest absolute Gasteiger partial charge is 0.378 e. The molecule has 1 N–H and O–H groups in total. The van der Waals surface area contributed by atoms with E-state index in [-0.39, 0.29) is 0 Å². The van der Waals surface area contributed by atoms with E-state index in [4.69, 9.17) is 4.74 Å². The molecule has 1 aromatic heterocycles. The van der Waals surface area contributed by atoms with Crippen molar-refractivity contribution in [2.75, 3.05) is 19.7 Å². The lowest BCUT2D eigenvalue weighted by Crippen LogP contribution is -2.17. The van der Waals surface area contributed by atoms with Gasteiger partial charge in [-0.25, -0.2) is 0 Å². The highest BCUT2D eigenvalue weighted by molar-refractivity contribution is 7.11. The Morgan fingerprint density at radius 3 is 3.00 bits per heavy atom. The Bertz CT molecular complexity index is 342. The van der Waals surface area contributed by atoms with Gasteiger partial charge in [-0.2, -0.15) is 0 Å². The normalized spacial score (nSPS) is 24.4. The number of aromatic nitrogens is 2. The molecule has 0 bridgehead atoms. The van der Waals surface area contributed by atoms with Crippen LogP contribution in [0.5, 0.6) is 0 Å². The van der Waals surface area contributed by atoms with Crippen molar-refractivity contribution in [2.24, 2.45) is 0 Å². The maximum atomic E-state index is 5.57. The van der Waals surface area contributed by atoms with E-state index >= 15 is 0 Å². The van der Waals surface area contributed by atoms with Gasteiger partial charge in [0.1, 0.15) is 10.0 Å². The molecule has 1 fully saturated rings. The van der Waals surface area contributed by atoms with Crippen molar-refractivity contribution in [3.63, 3.8) is 0 Å². The van der Waals surface area contributed by atoms with E-state index in [0.29, 0.717) is 12.0 Å². The molecule has 0 radical (unpaired) electrons. The standard InChI is InChI=1S/C12H21N3OS/c1-3-6-13-7-4-11-14-15-12(17-11)10-5-8-16-9(10)2/h9-10,13H,3-8H2,1-2H3. The Labute approximate surface area is 107 Å². The smallest absolute Gasteiger partial charge is 0.123 e. The van der Waals surface area contributed by atoms with Gasteiger partial charge >= 0.3 is 0 Å². The fourth-order valence-electron chi connectivity index (χ4n) is 2.07. The van der Waals surface area contributed by atoms with Crippen LogP contribution in [0.15, 0.2) is 0 Å². The highest BCUT2D eigenvalue weighted by Gasteiger charge is 2.28. The van der Waals surface area contributed by atoms with Crippen LogP contribution in [-0.2, 0) is 11.2 Å². The van der Waals surface area contributed by atoms with Gasteiger partial charge in [0.2, 0.25) is 0 Å². The van der Waals surface area contributed by atoms with Crippen molar-refractivity contribution in [1.82, 2.24) is 15.5 Å². The van der Waals surface area contributed by atoms with Gasteiger partial charge < -0.3 is 10.1 Å². The van der Waals surface area contributed by atoms with Crippen molar-refractivity contribution in [1.29, 1.82) is 0 Å². The molecule has 0 spiro atoms. The molecule has 2 unspecified atom stereocenters. The average molecular weight is 255 g/mol. The van der Waals surface area contributed by atoms with Gasteiger partial charge in [0.15, 0.2) is 0 Å². The van der Waals surface area contributed by atoms with Gasteiger partial charge in [-0.15, -0.1) is 21.5 Å². The summed E-state index contributed by atoms with van der Waals surface area (Å²) in [6, 6.07) is 0.